The van der Waals surface area contributed by atoms with Crippen molar-refractivity contribution < 1.29 is 27.6 Å². The first-order valence-electron chi connectivity index (χ1n) is 11.7. The molecule has 0 aliphatic carbocycles. The second-order valence-corrected chi connectivity index (χ2v) is 10.3. The second-order valence-electron chi connectivity index (χ2n) is 8.33. The Morgan fingerprint density at radius 2 is 1.83 bits per heavy atom. The third-order valence-electron chi connectivity index (χ3n) is 6.12. The van der Waals surface area contributed by atoms with E-state index in [1.54, 1.807) is 11.8 Å². The lowest BCUT2D eigenvalue weighted by Gasteiger charge is -2.31. The number of piperidine rings is 1. The molecule has 2 aliphatic heterocycles. The highest BCUT2D eigenvalue weighted by molar-refractivity contribution is 7.89. The summed E-state index contributed by atoms with van der Waals surface area (Å²) in [5.74, 6) is -0.352. The molecule has 14 heteroatoms. The minimum atomic E-state index is -3.66. The molecule has 2 aliphatic rings. The lowest BCUT2D eigenvalue weighted by molar-refractivity contribution is -0.383. The van der Waals surface area contributed by atoms with E-state index in [9.17, 15) is 23.3 Å². The van der Waals surface area contributed by atoms with Crippen LogP contribution in [0.5, 0.6) is 0 Å². The number of benzene rings is 1. The third-order valence-corrected chi connectivity index (χ3v) is 8.04. The zero-order valence-corrected chi connectivity index (χ0v) is 20.6. The molecule has 0 bridgehead atoms. The number of carbonyl (C=O) groups is 1. The Morgan fingerprint density at radius 3 is 2.44 bits per heavy atom. The molecule has 1 aromatic carbocycles. The van der Waals surface area contributed by atoms with E-state index < -0.39 is 14.9 Å². The molecule has 1 aromatic heterocycles. The fraction of sp³-hybridized carbons (Fsp3) is 0.500. The van der Waals surface area contributed by atoms with Crippen LogP contribution in [0.25, 0.3) is 0 Å². The summed E-state index contributed by atoms with van der Waals surface area (Å²) in [6.07, 6.45) is 2.24. The zero-order valence-electron chi connectivity index (χ0n) is 19.8. The number of rotatable bonds is 8. The molecular formula is C22H28N6O7S. The average Bonchev–Trinajstić information content (AvgIpc) is 2.89. The monoisotopic (exact) mass is 520 g/mol. The van der Waals surface area contributed by atoms with Crippen LogP contribution < -0.4 is 10.2 Å². The lowest BCUT2D eigenvalue weighted by Crippen LogP contribution is -2.40. The van der Waals surface area contributed by atoms with Gasteiger partial charge >= 0.3 is 11.7 Å². The molecule has 0 atom stereocenters. The molecule has 2 saturated heterocycles. The Kier molecular flexibility index (Phi) is 7.96. The van der Waals surface area contributed by atoms with Gasteiger partial charge in [-0.15, -0.1) is 0 Å². The van der Waals surface area contributed by atoms with Crippen LogP contribution >= 0.6 is 0 Å². The third kappa shape index (κ3) is 5.55. The summed E-state index contributed by atoms with van der Waals surface area (Å²) in [7, 11) is -3.66. The highest BCUT2D eigenvalue weighted by Gasteiger charge is 2.32. The maximum Gasteiger partial charge on any atom is 0.353 e. The summed E-state index contributed by atoms with van der Waals surface area (Å²) in [4.78, 5) is 33.5. The molecule has 0 saturated carbocycles. The molecule has 0 amide bonds. The van der Waals surface area contributed by atoms with Crippen molar-refractivity contribution in [2.75, 3.05) is 56.2 Å². The minimum Gasteiger partial charge on any atom is -0.466 e. The lowest BCUT2D eigenvalue weighted by atomic mass is 9.97. The van der Waals surface area contributed by atoms with Crippen molar-refractivity contribution in [3.05, 3.63) is 40.7 Å². The van der Waals surface area contributed by atoms with Gasteiger partial charge in [0.15, 0.2) is 0 Å². The quantitative estimate of drug-likeness (QED) is 0.308. The Balaban J connectivity index is 1.51. The normalized spacial score (nSPS) is 17.5. The van der Waals surface area contributed by atoms with Crippen LogP contribution in [0, 0.1) is 16.0 Å². The average molecular weight is 521 g/mol. The van der Waals surface area contributed by atoms with E-state index in [-0.39, 0.29) is 47.2 Å². The van der Waals surface area contributed by atoms with Gasteiger partial charge in [-0.1, -0.05) is 0 Å². The minimum absolute atomic E-state index is 0.0127. The molecule has 13 nitrogen and oxygen atoms in total. The van der Waals surface area contributed by atoms with E-state index in [1.807, 2.05) is 0 Å². The van der Waals surface area contributed by atoms with Crippen LogP contribution in [0.2, 0.25) is 0 Å². The number of ether oxygens (including phenoxy) is 2. The molecule has 4 rings (SSSR count). The zero-order chi connectivity index (χ0) is 25.7. The number of nitrogens with zero attached hydrogens (tertiary/aromatic N) is 5. The topological polar surface area (TPSA) is 157 Å². The molecule has 194 valence electrons. The number of anilines is 3. The molecule has 1 N–H and O–H groups in total. The molecule has 0 spiro atoms. The summed E-state index contributed by atoms with van der Waals surface area (Å²) in [6.45, 7) is 4.15. The number of carbonyl (C=O) groups excluding carboxylic acids is 1. The number of morpholine rings is 1. The van der Waals surface area contributed by atoms with Gasteiger partial charge in [0.1, 0.15) is 6.33 Å². The Morgan fingerprint density at radius 1 is 1.17 bits per heavy atom. The van der Waals surface area contributed by atoms with Crippen molar-refractivity contribution in [3.63, 3.8) is 0 Å². The fourth-order valence-electron chi connectivity index (χ4n) is 4.23. The van der Waals surface area contributed by atoms with Gasteiger partial charge < -0.3 is 19.7 Å². The first-order valence-corrected chi connectivity index (χ1v) is 13.1. The largest absolute Gasteiger partial charge is 0.466 e. The van der Waals surface area contributed by atoms with Crippen molar-refractivity contribution in [1.82, 2.24) is 14.3 Å². The fourth-order valence-corrected chi connectivity index (χ4v) is 5.64. The summed E-state index contributed by atoms with van der Waals surface area (Å²) in [6, 6.07) is 5.95. The van der Waals surface area contributed by atoms with Gasteiger partial charge in [-0.25, -0.2) is 18.4 Å². The second kappa shape index (κ2) is 11.1. The summed E-state index contributed by atoms with van der Waals surface area (Å²) in [5, 5.41) is 14.9. The van der Waals surface area contributed by atoms with Crippen molar-refractivity contribution >= 4 is 39.0 Å². The molecule has 2 fully saturated rings. The van der Waals surface area contributed by atoms with Gasteiger partial charge in [-0.3, -0.25) is 14.9 Å². The highest BCUT2D eigenvalue weighted by Crippen LogP contribution is 2.35. The summed E-state index contributed by atoms with van der Waals surface area (Å²) < 4.78 is 37.3. The Bertz CT molecular complexity index is 1190. The van der Waals surface area contributed by atoms with Crippen molar-refractivity contribution in [3.8, 4) is 0 Å². The highest BCUT2D eigenvalue weighted by atomic mass is 32.2. The first kappa shape index (κ1) is 25.7. The summed E-state index contributed by atoms with van der Waals surface area (Å²) in [5.41, 5.74) is 0.141. The number of esters is 1. The standard InChI is InChI=1S/C22H28N6O7S/c1-2-35-22(29)16-7-9-26(10-8-16)21-19(28(30)31)20(23-15-24-21)25-17-3-5-18(6-4-17)36(32,33)27-11-13-34-14-12-27/h3-6,15-16H,2,7-14H2,1H3,(H,23,24,25). The number of hydrogen-bond donors (Lipinski definition) is 1. The van der Waals surface area contributed by atoms with Crippen LogP contribution in [0.3, 0.4) is 0 Å². The maximum absolute atomic E-state index is 12.8. The van der Waals surface area contributed by atoms with Gasteiger partial charge in [0.25, 0.3) is 0 Å². The van der Waals surface area contributed by atoms with Crippen LogP contribution in [-0.2, 0) is 24.3 Å². The number of nitrogens with one attached hydrogen (secondary N) is 1. The predicted octanol–water partition coefficient (Wildman–Crippen LogP) is 1.93. The van der Waals surface area contributed by atoms with Crippen molar-refractivity contribution in [2.24, 2.45) is 5.92 Å². The SMILES string of the molecule is CCOC(=O)C1CCN(c2ncnc(Nc3ccc(S(=O)(=O)N4CCOCC4)cc3)c2[N+](=O)[O-])CC1. The Labute approximate surface area is 208 Å². The molecular weight excluding hydrogens is 492 g/mol. The van der Waals surface area contributed by atoms with E-state index >= 15 is 0 Å². The van der Waals surface area contributed by atoms with E-state index in [0.717, 1.165) is 0 Å². The van der Waals surface area contributed by atoms with Gasteiger partial charge in [0, 0.05) is 31.9 Å². The summed E-state index contributed by atoms with van der Waals surface area (Å²) >= 11 is 0. The van der Waals surface area contributed by atoms with Crippen LogP contribution in [0.1, 0.15) is 19.8 Å². The smallest absolute Gasteiger partial charge is 0.353 e. The van der Waals surface area contributed by atoms with E-state index in [1.165, 1.54) is 34.9 Å². The molecule has 0 unspecified atom stereocenters. The Hall–Kier alpha value is -3.36. The van der Waals surface area contributed by atoms with E-state index in [0.29, 0.717) is 51.4 Å². The number of hydrogen-bond acceptors (Lipinski definition) is 11. The number of sulfonamides is 1. The van der Waals surface area contributed by atoms with Gasteiger partial charge in [0.05, 0.1) is 35.6 Å². The number of aromatic nitrogens is 2. The molecule has 3 heterocycles. The molecule has 2 aromatic rings. The van der Waals surface area contributed by atoms with Crippen LogP contribution in [-0.4, -0.2) is 79.6 Å². The molecule has 36 heavy (non-hydrogen) atoms. The first-order chi connectivity index (χ1) is 17.3. The van der Waals surface area contributed by atoms with Crippen LogP contribution in [0.15, 0.2) is 35.5 Å². The maximum atomic E-state index is 12.8. The van der Waals surface area contributed by atoms with Gasteiger partial charge in [0.2, 0.25) is 21.7 Å². The van der Waals surface area contributed by atoms with E-state index in [2.05, 4.69) is 15.3 Å². The van der Waals surface area contributed by atoms with Crippen LogP contribution in [0.4, 0.5) is 23.0 Å². The number of nitro groups is 1. The van der Waals surface area contributed by atoms with Gasteiger partial charge in [-0.2, -0.15) is 4.31 Å². The van der Waals surface area contributed by atoms with Crippen molar-refractivity contribution in [2.45, 2.75) is 24.7 Å². The van der Waals surface area contributed by atoms with Gasteiger partial charge in [-0.05, 0) is 44.0 Å². The van der Waals surface area contributed by atoms with E-state index in [4.69, 9.17) is 9.47 Å². The molecule has 0 radical (unpaired) electrons. The van der Waals surface area contributed by atoms with Crippen molar-refractivity contribution in [1.29, 1.82) is 0 Å². The predicted molar refractivity (Wildman–Crippen MR) is 130 cm³/mol.